The van der Waals surface area contributed by atoms with Crippen molar-refractivity contribution in [3.8, 4) is 0 Å². The quantitative estimate of drug-likeness (QED) is 0.584. The number of benzene rings is 1. The minimum Gasteiger partial charge on any atom is -0.468 e. The fraction of sp³-hybridized carbons (Fsp3) is 0.273. The monoisotopic (exact) mass is 242 g/mol. The van der Waals surface area contributed by atoms with Gasteiger partial charge in [0, 0.05) is 0 Å². The van der Waals surface area contributed by atoms with Gasteiger partial charge in [-0.15, -0.1) is 11.8 Å². The predicted octanol–water partition coefficient (Wildman–Crippen LogP) is 1.91. The van der Waals surface area contributed by atoms with Crippen LogP contribution in [-0.2, 0) is 9.53 Å². The average molecular weight is 242 g/mol. The third-order valence-electron chi connectivity index (χ3n) is 1.86. The lowest BCUT2D eigenvalue weighted by Crippen LogP contribution is -2.09. The van der Waals surface area contributed by atoms with Crippen LogP contribution >= 0.6 is 11.8 Å². The number of halogens is 1. The lowest BCUT2D eigenvalue weighted by Gasteiger charge is -2.01. The Hall–Kier alpha value is -1.36. The van der Waals surface area contributed by atoms with Crippen LogP contribution in [0.15, 0.2) is 24.3 Å². The number of thioether (sulfide) groups is 1. The summed E-state index contributed by atoms with van der Waals surface area (Å²) in [7, 11) is 1.28. The predicted molar refractivity (Wildman–Crippen MR) is 60.1 cm³/mol. The number of carbonyl (C=O) groups is 2. The molecule has 0 heterocycles. The molecule has 0 aliphatic carbocycles. The van der Waals surface area contributed by atoms with Crippen molar-refractivity contribution >= 4 is 23.5 Å². The number of hydrogen-bond acceptors (Lipinski definition) is 4. The summed E-state index contributed by atoms with van der Waals surface area (Å²) in [5, 5.41) is 0. The molecular formula is C11H11FO3S. The van der Waals surface area contributed by atoms with Gasteiger partial charge in [0.1, 0.15) is 5.82 Å². The number of Topliss-reactive ketones (excluding diaryl/α,β-unsaturated/α-hetero) is 1. The minimum atomic E-state index is -0.536. The van der Waals surface area contributed by atoms with Crippen LogP contribution in [0, 0.1) is 5.82 Å². The van der Waals surface area contributed by atoms with E-state index in [0.29, 0.717) is 0 Å². The van der Waals surface area contributed by atoms with Crippen LogP contribution in [0.3, 0.4) is 0 Å². The van der Waals surface area contributed by atoms with Gasteiger partial charge in [0.05, 0.1) is 24.2 Å². The summed E-state index contributed by atoms with van der Waals surface area (Å²) in [6.07, 6.45) is 0. The van der Waals surface area contributed by atoms with Crippen molar-refractivity contribution in [3.63, 3.8) is 0 Å². The molecular weight excluding hydrogens is 231 g/mol. The van der Waals surface area contributed by atoms with E-state index in [-0.39, 0.29) is 22.9 Å². The highest BCUT2D eigenvalue weighted by Crippen LogP contribution is 2.11. The van der Waals surface area contributed by atoms with Crippen molar-refractivity contribution in [1.82, 2.24) is 0 Å². The van der Waals surface area contributed by atoms with Gasteiger partial charge in [0.15, 0.2) is 5.78 Å². The van der Waals surface area contributed by atoms with E-state index in [1.165, 1.54) is 25.3 Å². The molecule has 0 aromatic heterocycles. The Morgan fingerprint density at radius 3 is 2.62 bits per heavy atom. The lowest BCUT2D eigenvalue weighted by atomic mass is 10.1. The second-order valence-electron chi connectivity index (χ2n) is 2.97. The van der Waals surface area contributed by atoms with E-state index in [1.54, 1.807) is 6.07 Å². The average Bonchev–Trinajstić information content (AvgIpc) is 2.29. The molecule has 0 amide bonds. The number of ketones is 1. The SMILES string of the molecule is COC(=O)CSCC(=O)c1ccccc1F. The fourth-order valence-electron chi connectivity index (χ4n) is 1.05. The minimum absolute atomic E-state index is 0.0554. The van der Waals surface area contributed by atoms with Gasteiger partial charge in [-0.05, 0) is 12.1 Å². The first kappa shape index (κ1) is 12.7. The van der Waals surface area contributed by atoms with Crippen LogP contribution in [0.1, 0.15) is 10.4 Å². The Morgan fingerprint density at radius 2 is 2.00 bits per heavy atom. The van der Waals surface area contributed by atoms with E-state index < -0.39 is 11.8 Å². The Balaban J connectivity index is 2.47. The van der Waals surface area contributed by atoms with Crippen molar-refractivity contribution in [3.05, 3.63) is 35.6 Å². The van der Waals surface area contributed by atoms with Gasteiger partial charge in [-0.2, -0.15) is 0 Å². The van der Waals surface area contributed by atoms with Crippen LogP contribution in [0.25, 0.3) is 0 Å². The molecule has 0 fully saturated rings. The summed E-state index contributed by atoms with van der Waals surface area (Å²) in [4.78, 5) is 22.3. The van der Waals surface area contributed by atoms with E-state index in [9.17, 15) is 14.0 Å². The Kier molecular flexibility index (Phi) is 4.98. The van der Waals surface area contributed by atoms with E-state index in [2.05, 4.69) is 4.74 Å². The van der Waals surface area contributed by atoms with Crippen molar-refractivity contribution in [2.24, 2.45) is 0 Å². The lowest BCUT2D eigenvalue weighted by molar-refractivity contribution is -0.137. The van der Waals surface area contributed by atoms with Gasteiger partial charge in [-0.3, -0.25) is 9.59 Å². The number of carbonyl (C=O) groups excluding carboxylic acids is 2. The third kappa shape index (κ3) is 3.66. The summed E-state index contributed by atoms with van der Waals surface area (Å²) in [5.41, 5.74) is 0.0554. The first-order valence-corrected chi connectivity index (χ1v) is 5.73. The number of hydrogen-bond donors (Lipinski definition) is 0. The maximum Gasteiger partial charge on any atom is 0.315 e. The van der Waals surface area contributed by atoms with Crippen molar-refractivity contribution < 1.29 is 18.7 Å². The zero-order chi connectivity index (χ0) is 12.0. The van der Waals surface area contributed by atoms with Crippen LogP contribution < -0.4 is 0 Å². The van der Waals surface area contributed by atoms with Gasteiger partial charge in [0.2, 0.25) is 0 Å². The van der Waals surface area contributed by atoms with Gasteiger partial charge in [0.25, 0.3) is 0 Å². The topological polar surface area (TPSA) is 43.4 Å². The summed E-state index contributed by atoms with van der Waals surface area (Å²) in [6.45, 7) is 0. The number of rotatable bonds is 5. The van der Waals surface area contributed by atoms with Crippen molar-refractivity contribution in [2.45, 2.75) is 0 Å². The smallest absolute Gasteiger partial charge is 0.315 e. The van der Waals surface area contributed by atoms with Crippen LogP contribution in [0.4, 0.5) is 4.39 Å². The normalized spacial score (nSPS) is 9.88. The molecule has 0 bridgehead atoms. The molecule has 0 saturated carbocycles. The molecule has 0 saturated heterocycles. The number of ether oxygens (including phenoxy) is 1. The van der Waals surface area contributed by atoms with Crippen LogP contribution in [0.2, 0.25) is 0 Å². The van der Waals surface area contributed by atoms with E-state index in [0.717, 1.165) is 11.8 Å². The number of esters is 1. The van der Waals surface area contributed by atoms with Gasteiger partial charge < -0.3 is 4.74 Å². The summed E-state index contributed by atoms with van der Waals surface area (Å²) < 4.78 is 17.6. The molecule has 0 atom stereocenters. The fourth-order valence-corrected chi connectivity index (χ4v) is 1.78. The molecule has 0 aliphatic rings. The Bertz CT molecular complexity index is 393. The maximum absolute atomic E-state index is 13.2. The Labute approximate surface area is 97.0 Å². The zero-order valence-electron chi connectivity index (χ0n) is 8.73. The molecule has 86 valence electrons. The molecule has 0 unspecified atom stereocenters. The Morgan fingerprint density at radius 1 is 1.31 bits per heavy atom. The van der Waals surface area contributed by atoms with Crippen molar-refractivity contribution in [1.29, 1.82) is 0 Å². The number of methoxy groups -OCH3 is 1. The van der Waals surface area contributed by atoms with E-state index in [1.807, 2.05) is 0 Å². The van der Waals surface area contributed by atoms with Crippen LogP contribution in [0.5, 0.6) is 0 Å². The highest BCUT2D eigenvalue weighted by atomic mass is 32.2. The van der Waals surface area contributed by atoms with Crippen molar-refractivity contribution in [2.75, 3.05) is 18.6 Å². The second kappa shape index (κ2) is 6.27. The summed E-state index contributed by atoms with van der Waals surface area (Å²) >= 11 is 1.11. The summed E-state index contributed by atoms with van der Waals surface area (Å²) in [6, 6.07) is 5.78. The van der Waals surface area contributed by atoms with Gasteiger partial charge in [-0.1, -0.05) is 12.1 Å². The van der Waals surface area contributed by atoms with E-state index in [4.69, 9.17) is 0 Å². The molecule has 0 radical (unpaired) electrons. The zero-order valence-corrected chi connectivity index (χ0v) is 9.55. The summed E-state index contributed by atoms with van der Waals surface area (Å²) in [5.74, 6) is -1.10. The molecule has 1 aromatic rings. The van der Waals surface area contributed by atoms with Gasteiger partial charge in [-0.25, -0.2) is 4.39 Å². The molecule has 16 heavy (non-hydrogen) atoms. The largest absolute Gasteiger partial charge is 0.468 e. The van der Waals surface area contributed by atoms with E-state index >= 15 is 0 Å². The standard InChI is InChI=1S/C11H11FO3S/c1-15-11(14)7-16-6-10(13)8-4-2-3-5-9(8)12/h2-5H,6-7H2,1H3. The molecule has 0 spiro atoms. The van der Waals surface area contributed by atoms with Gasteiger partial charge >= 0.3 is 5.97 Å². The highest BCUT2D eigenvalue weighted by molar-refractivity contribution is 8.00. The maximum atomic E-state index is 13.2. The first-order valence-electron chi connectivity index (χ1n) is 4.57. The molecule has 1 aromatic carbocycles. The third-order valence-corrected chi connectivity index (χ3v) is 2.76. The first-order chi connectivity index (χ1) is 7.65. The molecule has 5 heteroatoms. The molecule has 0 N–H and O–H groups in total. The van der Waals surface area contributed by atoms with Crippen LogP contribution in [-0.4, -0.2) is 30.4 Å². The molecule has 3 nitrogen and oxygen atoms in total. The molecule has 1 rings (SSSR count). The highest BCUT2D eigenvalue weighted by Gasteiger charge is 2.11. The second-order valence-corrected chi connectivity index (χ2v) is 3.96. The molecule has 0 aliphatic heterocycles.